The predicted molar refractivity (Wildman–Crippen MR) is 147 cm³/mol. The van der Waals surface area contributed by atoms with Crippen LogP contribution in [0.1, 0.15) is 6.92 Å². The Bertz CT molecular complexity index is 1580. The van der Waals surface area contributed by atoms with Crippen molar-refractivity contribution in [1.29, 1.82) is 0 Å². The summed E-state index contributed by atoms with van der Waals surface area (Å²) in [6, 6.07) is 18.0. The van der Waals surface area contributed by atoms with E-state index in [4.69, 9.17) is 0 Å². The Morgan fingerprint density at radius 1 is 0.975 bits per heavy atom. The summed E-state index contributed by atoms with van der Waals surface area (Å²) in [7, 11) is 1.99. The third-order valence-corrected chi connectivity index (χ3v) is 7.06. The van der Waals surface area contributed by atoms with E-state index in [1.165, 1.54) is 23.0 Å². The fourth-order valence-corrected chi connectivity index (χ4v) is 4.71. The van der Waals surface area contributed by atoms with Gasteiger partial charge in [-0.15, -0.1) is 13.2 Å². The fourth-order valence-electron chi connectivity index (χ4n) is 4.71. The topological polar surface area (TPSA) is 79.7 Å². The molecule has 2 heterocycles. The molecule has 1 aliphatic rings. The number of nitrogens with zero attached hydrogens (tertiary/aromatic N) is 4. The summed E-state index contributed by atoms with van der Waals surface area (Å²) in [5.74, 6) is -1.06. The van der Waals surface area contributed by atoms with Gasteiger partial charge >= 0.3 is 6.36 Å². The molecule has 1 fully saturated rings. The van der Waals surface area contributed by atoms with Crippen molar-refractivity contribution in [1.82, 2.24) is 19.4 Å². The smallest absolute Gasteiger partial charge is 0.404 e. The number of fused-ring (bicyclic) bond motifs is 1. The van der Waals surface area contributed by atoms with Gasteiger partial charge in [-0.3, -0.25) is 19.1 Å². The quantitative estimate of drug-likeness (QED) is 0.380. The standard InChI is InChI=1S/C29H28F3N5O3/c1-19(36-14-12-35(2)13-15-36)27(38)34-25-17-22(9-11-26(25)40-29(30,31)32)37-18-33-24-16-21(8-10-23(24)28(37)39)20-6-4-3-5-7-20/h3-11,16-19H,12-15H2,1-2H3,(H,34,38). The number of alkyl halides is 3. The summed E-state index contributed by atoms with van der Waals surface area (Å²) < 4.78 is 44.9. The van der Waals surface area contributed by atoms with Gasteiger partial charge < -0.3 is 15.0 Å². The first-order valence-electron chi connectivity index (χ1n) is 12.8. The predicted octanol–water partition coefficient (Wildman–Crippen LogP) is 4.53. The van der Waals surface area contributed by atoms with Gasteiger partial charge in [0, 0.05) is 26.2 Å². The van der Waals surface area contributed by atoms with Gasteiger partial charge in [0.2, 0.25) is 5.91 Å². The van der Waals surface area contributed by atoms with Gasteiger partial charge in [-0.1, -0.05) is 36.4 Å². The first-order valence-corrected chi connectivity index (χ1v) is 12.8. The van der Waals surface area contributed by atoms with E-state index >= 15 is 0 Å². The number of nitrogens with one attached hydrogen (secondary N) is 1. The summed E-state index contributed by atoms with van der Waals surface area (Å²) in [4.78, 5) is 35.0. The van der Waals surface area contributed by atoms with Crippen LogP contribution in [0.4, 0.5) is 18.9 Å². The number of anilines is 1. The molecule has 1 saturated heterocycles. The van der Waals surface area contributed by atoms with Crippen LogP contribution in [0.15, 0.2) is 77.9 Å². The van der Waals surface area contributed by atoms with Gasteiger partial charge in [0.1, 0.15) is 6.33 Å². The molecule has 3 aromatic carbocycles. The number of hydrogen-bond acceptors (Lipinski definition) is 6. The lowest BCUT2D eigenvalue weighted by Gasteiger charge is -2.35. The number of benzene rings is 3. The van der Waals surface area contributed by atoms with Crippen LogP contribution < -0.4 is 15.6 Å². The van der Waals surface area contributed by atoms with Crippen molar-refractivity contribution in [2.75, 3.05) is 38.5 Å². The minimum atomic E-state index is -4.97. The van der Waals surface area contributed by atoms with Gasteiger partial charge in [0.05, 0.1) is 28.3 Å². The normalized spacial score (nSPS) is 15.6. The van der Waals surface area contributed by atoms with Crippen molar-refractivity contribution in [3.63, 3.8) is 0 Å². The lowest BCUT2D eigenvalue weighted by atomic mass is 10.0. The Hall–Kier alpha value is -4.22. The maximum Gasteiger partial charge on any atom is 0.573 e. The van der Waals surface area contributed by atoms with E-state index in [2.05, 4.69) is 19.9 Å². The highest BCUT2D eigenvalue weighted by atomic mass is 19.4. The van der Waals surface area contributed by atoms with E-state index in [1.54, 1.807) is 13.0 Å². The zero-order chi connectivity index (χ0) is 28.4. The second-order valence-electron chi connectivity index (χ2n) is 9.75. The molecule has 0 bridgehead atoms. The molecular weight excluding hydrogens is 523 g/mol. The number of hydrogen-bond donors (Lipinski definition) is 1. The highest BCUT2D eigenvalue weighted by molar-refractivity contribution is 5.96. The van der Waals surface area contributed by atoms with Crippen LogP contribution in [0.2, 0.25) is 0 Å². The molecule has 1 aliphatic heterocycles. The number of amides is 1. The fraction of sp³-hybridized carbons (Fsp3) is 0.276. The van der Waals surface area contributed by atoms with E-state index in [-0.39, 0.29) is 11.4 Å². The third kappa shape index (κ3) is 6.00. The lowest BCUT2D eigenvalue weighted by Crippen LogP contribution is -2.51. The molecule has 1 unspecified atom stereocenters. The van der Waals surface area contributed by atoms with Crippen molar-refractivity contribution in [2.24, 2.45) is 0 Å². The van der Waals surface area contributed by atoms with Gasteiger partial charge in [-0.25, -0.2) is 4.98 Å². The first kappa shape index (κ1) is 27.4. The van der Waals surface area contributed by atoms with Crippen LogP contribution in [0, 0.1) is 0 Å². The molecule has 40 heavy (non-hydrogen) atoms. The minimum absolute atomic E-state index is 0.202. The molecular formula is C29H28F3N5O3. The van der Waals surface area contributed by atoms with Crippen molar-refractivity contribution < 1.29 is 22.7 Å². The van der Waals surface area contributed by atoms with Crippen LogP contribution >= 0.6 is 0 Å². The number of piperazine rings is 1. The van der Waals surface area contributed by atoms with Gasteiger partial charge in [-0.05, 0) is 55.4 Å². The van der Waals surface area contributed by atoms with Crippen molar-refractivity contribution >= 4 is 22.5 Å². The third-order valence-electron chi connectivity index (χ3n) is 7.06. The Morgan fingerprint density at radius 2 is 1.70 bits per heavy atom. The monoisotopic (exact) mass is 551 g/mol. The molecule has 0 spiro atoms. The van der Waals surface area contributed by atoms with Crippen LogP contribution in [-0.2, 0) is 4.79 Å². The van der Waals surface area contributed by atoms with Crippen molar-refractivity contribution in [3.8, 4) is 22.6 Å². The largest absolute Gasteiger partial charge is 0.573 e. The molecule has 0 aliphatic carbocycles. The van der Waals surface area contributed by atoms with Gasteiger partial charge in [0.15, 0.2) is 5.75 Å². The summed E-state index contributed by atoms with van der Waals surface area (Å²) in [5.41, 5.74) is 1.97. The van der Waals surface area contributed by atoms with Crippen molar-refractivity contribution in [3.05, 3.63) is 83.4 Å². The number of carbonyl (C=O) groups excluding carboxylic acids is 1. The van der Waals surface area contributed by atoms with Crippen LogP contribution in [0.25, 0.3) is 27.7 Å². The second kappa shape index (κ2) is 11.1. The van der Waals surface area contributed by atoms with E-state index in [1.807, 2.05) is 54.4 Å². The average molecular weight is 552 g/mol. The molecule has 0 saturated carbocycles. The Morgan fingerprint density at radius 3 is 2.40 bits per heavy atom. The number of aromatic nitrogens is 2. The Labute approximate surface area is 228 Å². The Balaban J connectivity index is 1.47. The summed E-state index contributed by atoms with van der Waals surface area (Å²) in [6.45, 7) is 4.57. The summed E-state index contributed by atoms with van der Waals surface area (Å²) >= 11 is 0. The zero-order valence-electron chi connectivity index (χ0n) is 22.0. The van der Waals surface area contributed by atoms with Gasteiger partial charge in [0.25, 0.3) is 5.56 Å². The van der Waals surface area contributed by atoms with Crippen LogP contribution in [0.3, 0.4) is 0 Å². The highest BCUT2D eigenvalue weighted by Crippen LogP contribution is 2.32. The molecule has 8 nitrogen and oxygen atoms in total. The van der Waals surface area contributed by atoms with E-state index in [0.717, 1.165) is 30.3 Å². The van der Waals surface area contributed by atoms with E-state index in [0.29, 0.717) is 24.0 Å². The molecule has 11 heteroatoms. The average Bonchev–Trinajstić information content (AvgIpc) is 2.94. The Kier molecular flexibility index (Phi) is 7.59. The molecule has 4 aromatic rings. The lowest BCUT2D eigenvalue weighted by molar-refractivity contribution is -0.274. The van der Waals surface area contributed by atoms with E-state index < -0.39 is 29.6 Å². The summed E-state index contributed by atoms with van der Waals surface area (Å²) in [5, 5.41) is 2.92. The maximum absolute atomic E-state index is 13.4. The molecule has 5 rings (SSSR count). The molecule has 1 amide bonds. The highest BCUT2D eigenvalue weighted by Gasteiger charge is 2.33. The zero-order valence-corrected chi connectivity index (χ0v) is 22.0. The molecule has 0 radical (unpaired) electrons. The van der Waals surface area contributed by atoms with Crippen LogP contribution in [-0.4, -0.2) is 70.9 Å². The maximum atomic E-state index is 13.4. The number of likely N-dealkylation sites (N-methyl/N-ethyl adjacent to an activating group) is 1. The summed E-state index contributed by atoms with van der Waals surface area (Å²) in [6.07, 6.45) is -3.65. The van der Waals surface area contributed by atoms with Crippen molar-refractivity contribution in [2.45, 2.75) is 19.3 Å². The SMILES string of the molecule is CC(C(=O)Nc1cc(-n2cnc3cc(-c4ccccc4)ccc3c2=O)ccc1OC(F)(F)F)N1CCN(C)CC1. The van der Waals surface area contributed by atoms with Crippen LogP contribution in [0.5, 0.6) is 5.75 Å². The second-order valence-corrected chi connectivity index (χ2v) is 9.75. The molecule has 1 aromatic heterocycles. The first-order chi connectivity index (χ1) is 19.1. The molecule has 208 valence electrons. The number of halogens is 3. The molecule has 1 N–H and O–H groups in total. The molecule has 1 atom stereocenters. The number of carbonyl (C=O) groups is 1. The minimum Gasteiger partial charge on any atom is -0.404 e. The number of rotatable bonds is 6. The number of ether oxygens (including phenoxy) is 1. The van der Waals surface area contributed by atoms with E-state index in [9.17, 15) is 22.8 Å². The van der Waals surface area contributed by atoms with Gasteiger partial charge in [-0.2, -0.15) is 0 Å².